The Morgan fingerprint density at radius 1 is 1.41 bits per heavy atom. The molecule has 0 saturated carbocycles. The van der Waals surface area contributed by atoms with Crippen molar-refractivity contribution in [2.24, 2.45) is 0 Å². The van der Waals surface area contributed by atoms with E-state index in [1.807, 2.05) is 0 Å². The van der Waals surface area contributed by atoms with Gasteiger partial charge in [-0.25, -0.2) is 9.97 Å². The maximum absolute atomic E-state index is 10.4. The highest BCUT2D eigenvalue weighted by molar-refractivity contribution is 5.30. The van der Waals surface area contributed by atoms with Crippen molar-refractivity contribution in [1.82, 2.24) is 9.97 Å². The molecule has 0 unspecified atom stereocenters. The lowest BCUT2D eigenvalue weighted by Crippen LogP contribution is -2.12. The largest absolute Gasteiger partial charge is 0.380 e. The van der Waals surface area contributed by atoms with Crippen LogP contribution in [-0.4, -0.2) is 34.6 Å². The Kier molecular flexibility index (Phi) is 5.87. The molecule has 0 aromatic carbocycles. The molecule has 0 aliphatic heterocycles. The van der Waals surface area contributed by atoms with E-state index < -0.39 is 4.92 Å². The molecule has 0 bridgehead atoms. The van der Waals surface area contributed by atoms with E-state index in [1.54, 1.807) is 0 Å². The van der Waals surface area contributed by atoms with Crippen LogP contribution < -0.4 is 5.32 Å². The van der Waals surface area contributed by atoms with Crippen LogP contribution in [0.25, 0.3) is 0 Å². The fourth-order valence-corrected chi connectivity index (χ4v) is 1.09. The summed E-state index contributed by atoms with van der Waals surface area (Å²) >= 11 is 0. The highest BCUT2D eigenvalue weighted by atomic mass is 16.6. The molecular formula is C10H16N4O3. The van der Waals surface area contributed by atoms with E-state index >= 15 is 0 Å². The van der Waals surface area contributed by atoms with Crippen LogP contribution in [-0.2, 0) is 4.74 Å². The predicted octanol–water partition coefficient (Wildman–Crippen LogP) is 1.61. The van der Waals surface area contributed by atoms with Gasteiger partial charge in [0.2, 0.25) is 5.95 Å². The van der Waals surface area contributed by atoms with Gasteiger partial charge in [-0.2, -0.15) is 0 Å². The molecule has 94 valence electrons. The van der Waals surface area contributed by atoms with Crippen molar-refractivity contribution in [2.75, 3.05) is 25.1 Å². The van der Waals surface area contributed by atoms with Crippen molar-refractivity contribution < 1.29 is 9.66 Å². The van der Waals surface area contributed by atoms with Gasteiger partial charge in [-0.3, -0.25) is 10.1 Å². The molecule has 0 radical (unpaired) electrons. The van der Waals surface area contributed by atoms with Gasteiger partial charge in [0.25, 0.3) is 0 Å². The van der Waals surface area contributed by atoms with Crippen molar-refractivity contribution in [3.8, 4) is 0 Å². The van der Waals surface area contributed by atoms with E-state index in [0.29, 0.717) is 19.1 Å². The van der Waals surface area contributed by atoms with E-state index in [0.717, 1.165) is 19.4 Å². The molecule has 0 amide bonds. The van der Waals surface area contributed by atoms with Gasteiger partial charge in [-0.15, -0.1) is 0 Å². The Morgan fingerprint density at radius 2 is 2.12 bits per heavy atom. The average Bonchev–Trinajstić information content (AvgIpc) is 2.34. The molecule has 0 atom stereocenters. The smallest absolute Gasteiger partial charge is 0.305 e. The lowest BCUT2D eigenvalue weighted by Gasteiger charge is -2.04. The first-order chi connectivity index (χ1) is 8.24. The average molecular weight is 240 g/mol. The molecule has 7 nitrogen and oxygen atoms in total. The third-order valence-electron chi connectivity index (χ3n) is 2.02. The van der Waals surface area contributed by atoms with Gasteiger partial charge in [0, 0.05) is 13.2 Å². The molecule has 0 saturated heterocycles. The summed E-state index contributed by atoms with van der Waals surface area (Å²) < 4.78 is 5.33. The summed E-state index contributed by atoms with van der Waals surface area (Å²) in [5.74, 6) is 0.370. The van der Waals surface area contributed by atoms with Crippen molar-refractivity contribution in [2.45, 2.75) is 19.8 Å². The topological polar surface area (TPSA) is 90.2 Å². The van der Waals surface area contributed by atoms with E-state index in [4.69, 9.17) is 4.74 Å². The van der Waals surface area contributed by atoms with Crippen LogP contribution in [0.2, 0.25) is 0 Å². The Balaban J connectivity index is 2.21. The van der Waals surface area contributed by atoms with Gasteiger partial charge >= 0.3 is 5.69 Å². The molecule has 1 rings (SSSR count). The predicted molar refractivity (Wildman–Crippen MR) is 62.9 cm³/mol. The van der Waals surface area contributed by atoms with Crippen molar-refractivity contribution in [3.05, 3.63) is 22.5 Å². The number of rotatable bonds is 8. The monoisotopic (exact) mass is 240 g/mol. The highest BCUT2D eigenvalue weighted by Gasteiger charge is 2.05. The second-order valence-electron chi connectivity index (χ2n) is 3.41. The minimum atomic E-state index is -0.530. The lowest BCUT2D eigenvalue weighted by atomic mass is 10.4. The number of anilines is 1. The molecule has 0 aliphatic rings. The van der Waals surface area contributed by atoms with Crippen LogP contribution in [0.1, 0.15) is 19.8 Å². The van der Waals surface area contributed by atoms with Gasteiger partial charge in [-0.05, 0) is 6.42 Å². The summed E-state index contributed by atoms with van der Waals surface area (Å²) in [4.78, 5) is 17.5. The maximum Gasteiger partial charge on any atom is 0.305 e. The van der Waals surface area contributed by atoms with E-state index in [9.17, 15) is 10.1 Å². The number of nitrogens with zero attached hydrogens (tertiary/aromatic N) is 3. The molecule has 0 spiro atoms. The highest BCUT2D eigenvalue weighted by Crippen LogP contribution is 2.07. The summed E-state index contributed by atoms with van der Waals surface area (Å²) in [5.41, 5.74) is -0.116. The minimum absolute atomic E-state index is 0.116. The first-order valence-corrected chi connectivity index (χ1v) is 5.52. The first-order valence-electron chi connectivity index (χ1n) is 5.52. The summed E-state index contributed by atoms with van der Waals surface area (Å²) in [6.07, 6.45) is 4.51. The van der Waals surface area contributed by atoms with E-state index in [2.05, 4.69) is 22.2 Å². The van der Waals surface area contributed by atoms with Gasteiger partial charge in [0.15, 0.2) is 0 Å². The second-order valence-corrected chi connectivity index (χ2v) is 3.41. The second kappa shape index (κ2) is 7.50. The van der Waals surface area contributed by atoms with Crippen molar-refractivity contribution >= 4 is 11.6 Å². The fourth-order valence-electron chi connectivity index (χ4n) is 1.09. The number of nitro groups is 1. The third-order valence-corrected chi connectivity index (χ3v) is 2.02. The fraction of sp³-hybridized carbons (Fsp3) is 0.600. The maximum atomic E-state index is 10.4. The van der Waals surface area contributed by atoms with Crippen LogP contribution in [0.5, 0.6) is 0 Å². The zero-order valence-corrected chi connectivity index (χ0v) is 9.76. The molecule has 0 aliphatic carbocycles. The number of hydrogen-bond acceptors (Lipinski definition) is 6. The molecule has 1 N–H and O–H groups in total. The lowest BCUT2D eigenvalue weighted by molar-refractivity contribution is -0.385. The molecular weight excluding hydrogens is 224 g/mol. The standard InChI is InChI=1S/C10H16N4O3/c1-2-3-5-17-6-4-11-10-12-7-9(8-13-10)14(15)16/h7-8H,2-6H2,1H3,(H,11,12,13). The number of hydrogen-bond donors (Lipinski definition) is 1. The molecule has 7 heteroatoms. The van der Waals surface area contributed by atoms with Gasteiger partial charge in [0.1, 0.15) is 12.4 Å². The minimum Gasteiger partial charge on any atom is -0.380 e. The Morgan fingerprint density at radius 3 is 2.71 bits per heavy atom. The van der Waals surface area contributed by atoms with E-state index in [1.165, 1.54) is 12.4 Å². The van der Waals surface area contributed by atoms with Gasteiger partial charge in [0.05, 0.1) is 11.5 Å². The molecule has 1 aromatic rings. The first kappa shape index (κ1) is 13.3. The summed E-state index contributed by atoms with van der Waals surface area (Å²) in [7, 11) is 0. The molecule has 17 heavy (non-hydrogen) atoms. The van der Waals surface area contributed by atoms with Crippen LogP contribution in [0, 0.1) is 10.1 Å². The zero-order valence-electron chi connectivity index (χ0n) is 9.76. The number of unbranched alkanes of at least 4 members (excludes halogenated alkanes) is 1. The Hall–Kier alpha value is -1.76. The number of ether oxygens (including phenoxy) is 1. The van der Waals surface area contributed by atoms with Crippen LogP contribution in [0.3, 0.4) is 0 Å². The van der Waals surface area contributed by atoms with Crippen LogP contribution in [0.4, 0.5) is 11.6 Å². The molecule has 0 fully saturated rings. The normalized spacial score (nSPS) is 10.2. The molecule has 1 aromatic heterocycles. The summed E-state index contributed by atoms with van der Waals surface area (Å²) in [5, 5.41) is 13.3. The zero-order chi connectivity index (χ0) is 12.5. The van der Waals surface area contributed by atoms with E-state index in [-0.39, 0.29) is 5.69 Å². The Labute approximate surface area is 99.4 Å². The summed E-state index contributed by atoms with van der Waals surface area (Å²) in [6.45, 7) is 4.01. The number of nitrogens with one attached hydrogen (secondary N) is 1. The number of aromatic nitrogens is 2. The quantitative estimate of drug-likeness (QED) is 0.422. The van der Waals surface area contributed by atoms with Gasteiger partial charge < -0.3 is 10.1 Å². The van der Waals surface area contributed by atoms with Crippen LogP contribution in [0.15, 0.2) is 12.4 Å². The third kappa shape index (κ3) is 5.21. The SMILES string of the molecule is CCCCOCCNc1ncc([N+](=O)[O-])cn1. The van der Waals surface area contributed by atoms with Crippen molar-refractivity contribution in [1.29, 1.82) is 0 Å². The van der Waals surface area contributed by atoms with Gasteiger partial charge in [-0.1, -0.05) is 13.3 Å². The van der Waals surface area contributed by atoms with Crippen LogP contribution >= 0.6 is 0 Å². The summed E-state index contributed by atoms with van der Waals surface area (Å²) in [6, 6.07) is 0. The van der Waals surface area contributed by atoms with Crippen molar-refractivity contribution in [3.63, 3.8) is 0 Å². The molecule has 1 heterocycles. The Bertz CT molecular complexity index is 342.